The summed E-state index contributed by atoms with van der Waals surface area (Å²) in [5.74, 6) is 2.70. The summed E-state index contributed by atoms with van der Waals surface area (Å²) in [7, 11) is 3.36. The summed E-state index contributed by atoms with van der Waals surface area (Å²) in [5.41, 5.74) is 4.13. The summed E-state index contributed by atoms with van der Waals surface area (Å²) >= 11 is 0. The molecule has 0 saturated heterocycles. The molecule has 4 heteroatoms. The van der Waals surface area contributed by atoms with Gasteiger partial charge in [-0.05, 0) is 55.0 Å². The highest BCUT2D eigenvalue weighted by Crippen LogP contribution is 2.36. The van der Waals surface area contributed by atoms with Gasteiger partial charge in [-0.2, -0.15) is 0 Å². The maximum absolute atomic E-state index is 5.30. The van der Waals surface area contributed by atoms with Crippen molar-refractivity contribution in [3.05, 3.63) is 54.4 Å². The van der Waals surface area contributed by atoms with E-state index in [1.807, 2.05) is 24.3 Å². The molecule has 1 aromatic heterocycles. The molecule has 0 saturated carbocycles. The van der Waals surface area contributed by atoms with Crippen LogP contribution in [0.25, 0.3) is 22.5 Å². The van der Waals surface area contributed by atoms with Crippen molar-refractivity contribution in [3.8, 4) is 34.0 Å². The molecule has 0 amide bonds. The first kappa shape index (κ1) is 19.0. The molecule has 3 rings (SSSR count). The molecule has 0 atom stereocenters. The molecule has 0 fully saturated rings. The first-order chi connectivity index (χ1) is 13.0. The molecule has 3 aromatic rings. The SMILES string of the molecule is CCCC(C)(C)c1nc(-c2ccc(OC)cc2)c(-c2ccc(OC)cc2)[nH]1. The van der Waals surface area contributed by atoms with Gasteiger partial charge < -0.3 is 14.5 Å². The summed E-state index contributed by atoms with van der Waals surface area (Å²) < 4.78 is 10.6. The van der Waals surface area contributed by atoms with E-state index in [1.54, 1.807) is 14.2 Å². The number of aromatic nitrogens is 2. The predicted molar refractivity (Wildman–Crippen MR) is 110 cm³/mol. The zero-order valence-corrected chi connectivity index (χ0v) is 16.8. The average Bonchev–Trinajstić information content (AvgIpc) is 3.14. The lowest BCUT2D eigenvalue weighted by Gasteiger charge is -2.21. The van der Waals surface area contributed by atoms with Gasteiger partial charge in [0.1, 0.15) is 17.3 Å². The maximum Gasteiger partial charge on any atom is 0.118 e. The number of hydrogen-bond donors (Lipinski definition) is 1. The molecule has 0 radical (unpaired) electrons. The Morgan fingerprint density at radius 2 is 1.37 bits per heavy atom. The standard InChI is InChI=1S/C23H28N2O2/c1-6-15-23(2,3)22-24-20(16-7-11-18(26-4)12-8-16)21(25-22)17-9-13-19(27-5)14-10-17/h7-14H,6,15H2,1-5H3,(H,24,25). The minimum atomic E-state index is -0.0132. The molecular formula is C23H28N2O2. The van der Waals surface area contributed by atoms with Crippen LogP contribution in [-0.4, -0.2) is 24.2 Å². The van der Waals surface area contributed by atoms with Gasteiger partial charge in [0, 0.05) is 16.5 Å². The zero-order chi connectivity index (χ0) is 19.4. The molecule has 1 heterocycles. The molecule has 0 aliphatic rings. The van der Waals surface area contributed by atoms with Crippen LogP contribution >= 0.6 is 0 Å². The van der Waals surface area contributed by atoms with Crippen LogP contribution in [0.15, 0.2) is 48.5 Å². The first-order valence-corrected chi connectivity index (χ1v) is 9.38. The summed E-state index contributed by atoms with van der Waals surface area (Å²) in [5, 5.41) is 0. The Morgan fingerprint density at radius 1 is 0.852 bits per heavy atom. The number of nitrogens with one attached hydrogen (secondary N) is 1. The fraction of sp³-hybridized carbons (Fsp3) is 0.348. The minimum Gasteiger partial charge on any atom is -0.497 e. The van der Waals surface area contributed by atoms with E-state index in [4.69, 9.17) is 14.5 Å². The molecule has 2 aromatic carbocycles. The van der Waals surface area contributed by atoms with E-state index in [9.17, 15) is 0 Å². The fourth-order valence-corrected chi connectivity index (χ4v) is 3.36. The number of rotatable bonds is 7. The summed E-state index contributed by atoms with van der Waals surface area (Å²) in [6, 6.07) is 16.1. The van der Waals surface area contributed by atoms with Crippen LogP contribution in [0.1, 0.15) is 39.4 Å². The number of H-pyrrole nitrogens is 1. The van der Waals surface area contributed by atoms with Crippen LogP contribution < -0.4 is 9.47 Å². The highest BCUT2D eigenvalue weighted by atomic mass is 16.5. The number of aromatic amines is 1. The van der Waals surface area contributed by atoms with Crippen molar-refractivity contribution in [3.63, 3.8) is 0 Å². The first-order valence-electron chi connectivity index (χ1n) is 9.38. The van der Waals surface area contributed by atoms with E-state index in [0.29, 0.717) is 0 Å². The lowest BCUT2D eigenvalue weighted by molar-refractivity contribution is 0.414. The smallest absolute Gasteiger partial charge is 0.118 e. The monoisotopic (exact) mass is 364 g/mol. The Hall–Kier alpha value is -2.75. The van der Waals surface area contributed by atoms with Crippen LogP contribution in [0.4, 0.5) is 0 Å². The fourth-order valence-electron chi connectivity index (χ4n) is 3.36. The van der Waals surface area contributed by atoms with E-state index in [2.05, 4.69) is 50.0 Å². The Morgan fingerprint density at radius 3 is 1.85 bits per heavy atom. The lowest BCUT2D eigenvalue weighted by Crippen LogP contribution is -2.18. The van der Waals surface area contributed by atoms with Gasteiger partial charge in [-0.25, -0.2) is 4.98 Å². The topological polar surface area (TPSA) is 47.1 Å². The van der Waals surface area contributed by atoms with Gasteiger partial charge in [0.05, 0.1) is 25.6 Å². The van der Waals surface area contributed by atoms with Crippen molar-refractivity contribution >= 4 is 0 Å². The molecule has 0 unspecified atom stereocenters. The molecule has 0 aliphatic carbocycles. The van der Waals surface area contributed by atoms with Crippen molar-refractivity contribution in [2.75, 3.05) is 14.2 Å². The van der Waals surface area contributed by atoms with Gasteiger partial charge in [0.2, 0.25) is 0 Å². The van der Waals surface area contributed by atoms with E-state index >= 15 is 0 Å². The Balaban J connectivity index is 2.11. The van der Waals surface area contributed by atoms with Crippen molar-refractivity contribution < 1.29 is 9.47 Å². The summed E-state index contributed by atoms with van der Waals surface area (Å²) in [6.07, 6.45) is 2.19. The zero-order valence-electron chi connectivity index (χ0n) is 16.8. The van der Waals surface area contributed by atoms with Crippen molar-refractivity contribution in [2.45, 2.75) is 39.0 Å². The molecule has 4 nitrogen and oxygen atoms in total. The molecule has 142 valence electrons. The highest BCUT2D eigenvalue weighted by Gasteiger charge is 2.26. The van der Waals surface area contributed by atoms with Gasteiger partial charge in [-0.3, -0.25) is 0 Å². The van der Waals surface area contributed by atoms with Crippen LogP contribution in [0.5, 0.6) is 11.5 Å². The number of nitrogens with zero attached hydrogens (tertiary/aromatic N) is 1. The van der Waals surface area contributed by atoms with Crippen molar-refractivity contribution in [1.29, 1.82) is 0 Å². The van der Waals surface area contributed by atoms with E-state index in [0.717, 1.165) is 52.7 Å². The number of hydrogen-bond acceptors (Lipinski definition) is 3. The molecule has 0 aliphatic heterocycles. The molecular weight excluding hydrogens is 336 g/mol. The van der Waals surface area contributed by atoms with Crippen LogP contribution in [-0.2, 0) is 5.41 Å². The average molecular weight is 364 g/mol. The molecule has 0 bridgehead atoms. The number of methoxy groups -OCH3 is 2. The third kappa shape index (κ3) is 4.00. The van der Waals surface area contributed by atoms with Crippen LogP contribution in [0, 0.1) is 0 Å². The number of imidazole rings is 1. The third-order valence-electron chi connectivity index (χ3n) is 4.96. The van der Waals surface area contributed by atoms with Crippen LogP contribution in [0.2, 0.25) is 0 Å². The number of ether oxygens (including phenoxy) is 2. The van der Waals surface area contributed by atoms with Gasteiger partial charge in [-0.1, -0.05) is 27.2 Å². The van der Waals surface area contributed by atoms with Crippen molar-refractivity contribution in [2.24, 2.45) is 0 Å². The predicted octanol–water partition coefficient (Wildman–Crippen LogP) is 5.84. The van der Waals surface area contributed by atoms with E-state index in [1.165, 1.54) is 0 Å². The molecule has 0 spiro atoms. The quantitative estimate of drug-likeness (QED) is 0.573. The second kappa shape index (κ2) is 7.87. The second-order valence-corrected chi connectivity index (χ2v) is 7.40. The van der Waals surface area contributed by atoms with E-state index in [-0.39, 0.29) is 5.41 Å². The van der Waals surface area contributed by atoms with Gasteiger partial charge in [0.25, 0.3) is 0 Å². The minimum absolute atomic E-state index is 0.0132. The Bertz CT molecular complexity index is 813. The molecule has 27 heavy (non-hydrogen) atoms. The third-order valence-corrected chi connectivity index (χ3v) is 4.96. The normalized spacial score (nSPS) is 11.4. The second-order valence-electron chi connectivity index (χ2n) is 7.40. The van der Waals surface area contributed by atoms with Crippen LogP contribution in [0.3, 0.4) is 0 Å². The highest BCUT2D eigenvalue weighted by molar-refractivity contribution is 5.79. The largest absolute Gasteiger partial charge is 0.497 e. The van der Waals surface area contributed by atoms with Gasteiger partial charge >= 0.3 is 0 Å². The molecule has 1 N–H and O–H groups in total. The summed E-state index contributed by atoms with van der Waals surface area (Å²) in [6.45, 7) is 6.69. The number of benzene rings is 2. The van der Waals surface area contributed by atoms with Gasteiger partial charge in [-0.15, -0.1) is 0 Å². The van der Waals surface area contributed by atoms with Crippen molar-refractivity contribution in [1.82, 2.24) is 9.97 Å². The maximum atomic E-state index is 5.30. The Labute approximate surface area is 161 Å². The lowest BCUT2D eigenvalue weighted by atomic mass is 9.87. The Kier molecular flexibility index (Phi) is 5.54. The summed E-state index contributed by atoms with van der Waals surface area (Å²) in [4.78, 5) is 8.62. The van der Waals surface area contributed by atoms with E-state index < -0.39 is 0 Å². The van der Waals surface area contributed by atoms with Gasteiger partial charge in [0.15, 0.2) is 0 Å².